The molecule has 11 heteroatoms. The highest BCUT2D eigenvalue weighted by atomic mass is 32.1. The van der Waals surface area contributed by atoms with Gasteiger partial charge in [-0.05, 0) is 38.3 Å². The molecule has 0 unspecified atom stereocenters. The van der Waals surface area contributed by atoms with Crippen LogP contribution in [0.1, 0.15) is 124 Å². The quantitative estimate of drug-likeness (QED) is 0.153. The van der Waals surface area contributed by atoms with Gasteiger partial charge in [0.2, 0.25) is 0 Å². The second-order valence-corrected chi connectivity index (χ2v) is 15.1. The summed E-state index contributed by atoms with van der Waals surface area (Å²) in [5.74, 6) is 0.435. The first-order valence-electron chi connectivity index (χ1n) is 16.9. The first kappa shape index (κ1) is 34.0. The number of phenols is 1. The first-order chi connectivity index (χ1) is 21.7. The van der Waals surface area contributed by atoms with Gasteiger partial charge in [-0.1, -0.05) is 82.6 Å². The molecule has 3 aromatic rings. The van der Waals surface area contributed by atoms with Gasteiger partial charge in [-0.15, -0.1) is 11.3 Å². The lowest BCUT2D eigenvalue weighted by Gasteiger charge is -2.47. The van der Waals surface area contributed by atoms with Crippen LogP contribution in [-0.2, 0) is 4.74 Å². The van der Waals surface area contributed by atoms with Crippen molar-refractivity contribution >= 4 is 38.8 Å². The zero-order chi connectivity index (χ0) is 31.8. The molecule has 3 N–H and O–H groups in total. The Morgan fingerprint density at radius 2 is 1.73 bits per heavy atom. The van der Waals surface area contributed by atoms with Gasteiger partial charge in [-0.25, -0.2) is 4.98 Å². The molecule has 0 aliphatic carbocycles. The number of thiazole rings is 2. The van der Waals surface area contributed by atoms with Crippen LogP contribution in [0.5, 0.6) is 5.75 Å². The molecule has 5 rings (SSSR count). The molecule has 0 radical (unpaired) electrons. The van der Waals surface area contributed by atoms with E-state index in [1.807, 2.05) is 10.3 Å². The molecule has 0 saturated carbocycles. The van der Waals surface area contributed by atoms with Crippen molar-refractivity contribution in [1.82, 2.24) is 19.8 Å². The molecule has 1 aromatic carbocycles. The number of aliphatic hydroxyl groups is 1. The van der Waals surface area contributed by atoms with Gasteiger partial charge in [0.15, 0.2) is 0 Å². The van der Waals surface area contributed by atoms with Gasteiger partial charge in [-0.3, -0.25) is 9.59 Å². The Bertz CT molecular complexity index is 1440. The summed E-state index contributed by atoms with van der Waals surface area (Å²) in [6.45, 7) is 9.36. The number of fused-ring (bicyclic) bond motifs is 1. The zero-order valence-corrected chi connectivity index (χ0v) is 28.5. The third kappa shape index (κ3) is 8.94. The van der Waals surface area contributed by atoms with E-state index in [4.69, 9.17) is 4.74 Å². The number of morpholine rings is 1. The summed E-state index contributed by atoms with van der Waals surface area (Å²) in [5, 5.41) is 23.6. The maximum absolute atomic E-state index is 13.1. The number of benzene rings is 1. The third-order valence-electron chi connectivity index (χ3n) is 9.44. The van der Waals surface area contributed by atoms with E-state index < -0.39 is 6.10 Å². The fourth-order valence-electron chi connectivity index (χ4n) is 6.69. The number of unbranched alkanes of at least 4 members (excludes halogenated alkanes) is 8. The molecule has 4 heterocycles. The Hall–Kier alpha value is -2.31. The number of carbonyl (C=O) groups is 1. The van der Waals surface area contributed by atoms with Gasteiger partial charge in [0.1, 0.15) is 17.0 Å². The topological polar surface area (TPSA) is 119 Å². The molecule has 2 aliphatic rings. The number of piperidine rings is 1. The number of aromatic nitrogens is 2. The summed E-state index contributed by atoms with van der Waals surface area (Å²) in [4.78, 5) is 36.4. The lowest BCUT2D eigenvalue weighted by molar-refractivity contribution is -0.127. The summed E-state index contributed by atoms with van der Waals surface area (Å²) in [6.07, 6.45) is 12.8. The van der Waals surface area contributed by atoms with E-state index in [0.29, 0.717) is 47.9 Å². The molecule has 1 atom stereocenters. The van der Waals surface area contributed by atoms with E-state index in [1.165, 1.54) is 44.9 Å². The van der Waals surface area contributed by atoms with Gasteiger partial charge in [0.25, 0.3) is 5.91 Å². The molecule has 2 fully saturated rings. The van der Waals surface area contributed by atoms with Crippen LogP contribution in [0.3, 0.4) is 0 Å². The molecule has 0 bridgehead atoms. The Balaban J connectivity index is 0.891. The van der Waals surface area contributed by atoms with E-state index in [-0.39, 0.29) is 22.1 Å². The van der Waals surface area contributed by atoms with Crippen LogP contribution in [0, 0.1) is 0 Å². The van der Waals surface area contributed by atoms with Crippen molar-refractivity contribution in [3.63, 3.8) is 0 Å². The number of hydrogen-bond acceptors (Lipinski definition) is 9. The highest BCUT2D eigenvalue weighted by molar-refractivity contribution is 7.16. The fourth-order valence-corrected chi connectivity index (χ4v) is 8.41. The highest BCUT2D eigenvalue weighted by Gasteiger charge is 2.41. The van der Waals surface area contributed by atoms with Gasteiger partial charge >= 0.3 is 4.87 Å². The van der Waals surface area contributed by atoms with Gasteiger partial charge in [0, 0.05) is 36.5 Å². The number of aromatic amines is 1. The van der Waals surface area contributed by atoms with Crippen molar-refractivity contribution in [2.75, 3.05) is 39.3 Å². The minimum absolute atomic E-state index is 0.0452. The summed E-state index contributed by atoms with van der Waals surface area (Å²) < 4.78 is 6.96. The predicted molar refractivity (Wildman–Crippen MR) is 182 cm³/mol. The third-order valence-corrected chi connectivity index (χ3v) is 11.5. The molecule has 2 aliphatic heterocycles. The number of nitrogens with one attached hydrogen (secondary N) is 1. The van der Waals surface area contributed by atoms with Gasteiger partial charge in [0.05, 0.1) is 34.6 Å². The van der Waals surface area contributed by atoms with E-state index in [0.717, 1.165) is 67.2 Å². The van der Waals surface area contributed by atoms with Crippen LogP contribution in [0.2, 0.25) is 0 Å². The summed E-state index contributed by atoms with van der Waals surface area (Å²) in [5.41, 5.74) is 1.53. The lowest BCUT2D eigenvalue weighted by Crippen LogP contribution is -2.58. The van der Waals surface area contributed by atoms with Crippen LogP contribution in [0.4, 0.5) is 0 Å². The molecular weight excluding hydrogens is 609 g/mol. The number of amides is 1. The number of rotatable bonds is 15. The fraction of sp³-hybridized carbons (Fsp3) is 0.676. The normalized spacial score (nSPS) is 17.9. The first-order valence-corrected chi connectivity index (χ1v) is 18.6. The van der Waals surface area contributed by atoms with Crippen molar-refractivity contribution in [1.29, 1.82) is 0 Å². The number of hydrogen-bond donors (Lipinski definition) is 3. The van der Waals surface area contributed by atoms with Crippen LogP contribution >= 0.6 is 22.7 Å². The van der Waals surface area contributed by atoms with Crippen LogP contribution < -0.4 is 4.87 Å². The molecule has 2 saturated heterocycles. The predicted octanol–water partition coefficient (Wildman–Crippen LogP) is 6.82. The minimum atomic E-state index is -0.619. The largest absolute Gasteiger partial charge is 0.506 e. The molecule has 2 aromatic heterocycles. The Morgan fingerprint density at radius 3 is 2.42 bits per heavy atom. The van der Waals surface area contributed by atoms with E-state index in [9.17, 15) is 19.8 Å². The van der Waals surface area contributed by atoms with E-state index in [1.54, 1.807) is 23.5 Å². The number of phenolic OH excluding ortho intramolecular Hbond substituents is 1. The maximum Gasteiger partial charge on any atom is 0.305 e. The number of aliphatic hydroxyl groups excluding tert-OH is 1. The van der Waals surface area contributed by atoms with Crippen molar-refractivity contribution < 1.29 is 19.7 Å². The Kier molecular flexibility index (Phi) is 12.1. The van der Waals surface area contributed by atoms with Crippen molar-refractivity contribution in [2.45, 2.75) is 109 Å². The summed E-state index contributed by atoms with van der Waals surface area (Å²) in [7, 11) is 0. The SMILES string of the molecule is CC(C)c1nc(C(=O)N2CCOC3(CCN(CCCCCCCCCCC[C@H](O)c4ccc(O)c5[nH]c(=O)sc45)CC3)C2)cs1. The molecule has 9 nitrogen and oxygen atoms in total. The number of ether oxygens (including phenoxy) is 1. The van der Waals surface area contributed by atoms with E-state index >= 15 is 0 Å². The Morgan fingerprint density at radius 1 is 1.04 bits per heavy atom. The molecule has 45 heavy (non-hydrogen) atoms. The molecule has 1 amide bonds. The maximum atomic E-state index is 13.1. The Labute approximate surface area is 274 Å². The lowest BCUT2D eigenvalue weighted by atomic mass is 9.89. The average molecular weight is 659 g/mol. The van der Waals surface area contributed by atoms with E-state index in [2.05, 4.69) is 28.7 Å². The summed E-state index contributed by atoms with van der Waals surface area (Å²) in [6, 6.07) is 3.27. The number of H-pyrrole nitrogens is 1. The molecule has 1 spiro atoms. The average Bonchev–Trinajstić information content (AvgIpc) is 3.68. The number of nitrogens with zero attached hydrogens (tertiary/aromatic N) is 3. The second kappa shape index (κ2) is 16.0. The van der Waals surface area contributed by atoms with Gasteiger partial charge < -0.3 is 29.7 Å². The van der Waals surface area contributed by atoms with Gasteiger partial charge in [-0.2, -0.15) is 0 Å². The summed E-state index contributed by atoms with van der Waals surface area (Å²) >= 11 is 2.62. The zero-order valence-electron chi connectivity index (χ0n) is 26.9. The van der Waals surface area contributed by atoms with Crippen LogP contribution in [0.25, 0.3) is 10.2 Å². The molecular formula is C34H50N4O5S2. The van der Waals surface area contributed by atoms with Crippen molar-refractivity contribution in [3.8, 4) is 5.75 Å². The monoisotopic (exact) mass is 658 g/mol. The van der Waals surface area contributed by atoms with Crippen molar-refractivity contribution in [3.05, 3.63) is 43.4 Å². The number of carbonyl (C=O) groups excluding carboxylic acids is 1. The minimum Gasteiger partial charge on any atom is -0.506 e. The number of likely N-dealkylation sites (tertiary alicyclic amines) is 1. The smallest absolute Gasteiger partial charge is 0.305 e. The van der Waals surface area contributed by atoms with Crippen molar-refractivity contribution in [2.24, 2.45) is 0 Å². The molecule has 248 valence electrons. The van der Waals surface area contributed by atoms with Crippen LogP contribution in [-0.4, -0.2) is 80.8 Å². The van der Waals surface area contributed by atoms with Crippen LogP contribution in [0.15, 0.2) is 22.3 Å². The number of aromatic hydroxyl groups is 1. The second-order valence-electron chi connectivity index (χ2n) is 13.2. The highest BCUT2D eigenvalue weighted by Crippen LogP contribution is 2.34. The standard InChI is InChI=1S/C34H50N4O5S2/c1-24(2)31-35-26(22-44-31)32(41)38-20-21-43-34(23-38)15-18-37(19-16-34)17-11-9-7-5-3-4-6-8-10-12-27(39)25-13-14-28(40)29-30(25)45-33(42)36-29/h13-14,22,24,27,39-40H,3-12,15-21,23H2,1-2H3,(H,36,42)/t27-/m0/s1.